The van der Waals surface area contributed by atoms with Gasteiger partial charge in [-0.15, -0.1) is 0 Å². The monoisotopic (exact) mass is 314 g/mol. The van der Waals surface area contributed by atoms with Gasteiger partial charge in [0.2, 0.25) is 11.8 Å². The molecule has 1 aromatic rings. The average molecular weight is 314 g/mol. The van der Waals surface area contributed by atoms with Gasteiger partial charge in [0, 0.05) is 31.2 Å². The predicted octanol–water partition coefficient (Wildman–Crippen LogP) is 3.14. The molecule has 0 saturated carbocycles. The second kappa shape index (κ2) is 6.73. The summed E-state index contributed by atoms with van der Waals surface area (Å²) < 4.78 is 0. The third kappa shape index (κ3) is 3.12. The number of hydrogen-bond donors (Lipinski definition) is 0. The summed E-state index contributed by atoms with van der Waals surface area (Å²) >= 11 is 0. The molecule has 23 heavy (non-hydrogen) atoms. The van der Waals surface area contributed by atoms with Crippen molar-refractivity contribution in [3.05, 3.63) is 29.8 Å². The summed E-state index contributed by atoms with van der Waals surface area (Å²) in [5, 5.41) is 0. The molecule has 2 aliphatic heterocycles. The number of nitrogens with zero attached hydrogens (tertiary/aromatic N) is 2. The summed E-state index contributed by atoms with van der Waals surface area (Å²) in [6, 6.07) is 8.26. The van der Waals surface area contributed by atoms with Crippen LogP contribution in [0.25, 0.3) is 0 Å². The molecule has 0 bridgehead atoms. The standard InChI is InChI=1S/C19H26N2O2/c1-3-16-9-6-7-11-20(16)19(23)15-12-18(22)21(13-15)17-10-5-4-8-14(17)2/h4-5,8,10,15-16H,3,6-7,9,11-13H2,1-2H3. The van der Waals surface area contributed by atoms with Crippen molar-refractivity contribution in [2.45, 2.75) is 52.0 Å². The molecular weight excluding hydrogens is 288 g/mol. The number of amides is 2. The van der Waals surface area contributed by atoms with Crippen LogP contribution in [0, 0.1) is 12.8 Å². The number of aryl methyl sites for hydroxylation is 1. The fourth-order valence-electron chi connectivity index (χ4n) is 3.92. The van der Waals surface area contributed by atoms with Crippen molar-refractivity contribution in [2.24, 2.45) is 5.92 Å². The fraction of sp³-hybridized carbons (Fsp3) is 0.579. The van der Waals surface area contributed by atoms with E-state index >= 15 is 0 Å². The van der Waals surface area contributed by atoms with E-state index < -0.39 is 0 Å². The Labute approximate surface area is 138 Å². The van der Waals surface area contributed by atoms with Crippen molar-refractivity contribution in [3.63, 3.8) is 0 Å². The van der Waals surface area contributed by atoms with E-state index in [0.29, 0.717) is 19.0 Å². The van der Waals surface area contributed by atoms with Crippen LogP contribution < -0.4 is 4.90 Å². The van der Waals surface area contributed by atoms with Crippen LogP contribution in [0.2, 0.25) is 0 Å². The Bertz CT molecular complexity index is 599. The van der Waals surface area contributed by atoms with E-state index in [9.17, 15) is 9.59 Å². The summed E-state index contributed by atoms with van der Waals surface area (Å²) in [6.07, 6.45) is 4.75. The van der Waals surface area contributed by atoms with Crippen molar-refractivity contribution in [1.29, 1.82) is 0 Å². The zero-order valence-corrected chi connectivity index (χ0v) is 14.1. The van der Waals surface area contributed by atoms with Gasteiger partial charge >= 0.3 is 0 Å². The van der Waals surface area contributed by atoms with Gasteiger partial charge in [0.25, 0.3) is 0 Å². The molecule has 2 amide bonds. The molecule has 0 spiro atoms. The maximum atomic E-state index is 12.9. The van der Waals surface area contributed by atoms with E-state index in [1.54, 1.807) is 4.90 Å². The van der Waals surface area contributed by atoms with E-state index in [4.69, 9.17) is 0 Å². The molecule has 2 unspecified atom stereocenters. The van der Waals surface area contributed by atoms with Crippen LogP contribution in [0.5, 0.6) is 0 Å². The summed E-state index contributed by atoms with van der Waals surface area (Å²) in [6.45, 7) is 5.53. The van der Waals surface area contributed by atoms with Gasteiger partial charge in [-0.3, -0.25) is 9.59 Å². The van der Waals surface area contributed by atoms with Crippen LogP contribution in [0.15, 0.2) is 24.3 Å². The first-order valence-electron chi connectivity index (χ1n) is 8.78. The molecule has 4 heteroatoms. The Balaban J connectivity index is 1.74. The fourth-order valence-corrected chi connectivity index (χ4v) is 3.92. The minimum absolute atomic E-state index is 0.0720. The minimum atomic E-state index is -0.186. The van der Waals surface area contributed by atoms with Gasteiger partial charge in [-0.1, -0.05) is 25.1 Å². The highest BCUT2D eigenvalue weighted by Crippen LogP contribution is 2.30. The summed E-state index contributed by atoms with van der Waals surface area (Å²) in [4.78, 5) is 29.2. The highest BCUT2D eigenvalue weighted by Gasteiger charge is 2.39. The zero-order chi connectivity index (χ0) is 16.4. The molecule has 2 atom stereocenters. The predicted molar refractivity (Wildman–Crippen MR) is 91.3 cm³/mol. The highest BCUT2D eigenvalue weighted by molar-refractivity contribution is 6.00. The lowest BCUT2D eigenvalue weighted by molar-refractivity contribution is -0.139. The van der Waals surface area contributed by atoms with Gasteiger partial charge in [-0.2, -0.15) is 0 Å². The van der Waals surface area contributed by atoms with Crippen LogP contribution in [-0.2, 0) is 9.59 Å². The van der Waals surface area contributed by atoms with Crippen LogP contribution in [0.3, 0.4) is 0 Å². The molecule has 0 aliphatic carbocycles. The second-order valence-corrected chi connectivity index (χ2v) is 6.78. The summed E-state index contributed by atoms with van der Waals surface area (Å²) in [7, 11) is 0. The van der Waals surface area contributed by atoms with E-state index in [2.05, 4.69) is 6.92 Å². The third-order valence-electron chi connectivity index (χ3n) is 5.26. The zero-order valence-electron chi connectivity index (χ0n) is 14.1. The van der Waals surface area contributed by atoms with Gasteiger partial charge in [0.1, 0.15) is 0 Å². The largest absolute Gasteiger partial charge is 0.339 e. The van der Waals surface area contributed by atoms with Gasteiger partial charge in [0.15, 0.2) is 0 Å². The molecule has 2 aliphatic rings. The van der Waals surface area contributed by atoms with Gasteiger partial charge in [0.05, 0.1) is 5.92 Å². The average Bonchev–Trinajstić information content (AvgIpc) is 2.96. The lowest BCUT2D eigenvalue weighted by atomic mass is 9.97. The molecule has 0 N–H and O–H groups in total. The lowest BCUT2D eigenvalue weighted by Gasteiger charge is -2.36. The molecule has 3 rings (SSSR count). The number of piperidine rings is 1. The number of para-hydroxylation sites is 1. The van der Waals surface area contributed by atoms with Crippen LogP contribution >= 0.6 is 0 Å². The number of carbonyl (C=O) groups excluding carboxylic acids is 2. The van der Waals surface area contributed by atoms with E-state index in [-0.39, 0.29) is 17.7 Å². The number of carbonyl (C=O) groups is 2. The van der Waals surface area contributed by atoms with Crippen LogP contribution in [0.4, 0.5) is 5.69 Å². The topological polar surface area (TPSA) is 40.6 Å². The van der Waals surface area contributed by atoms with E-state index in [1.807, 2.05) is 36.1 Å². The molecule has 2 saturated heterocycles. The normalized spacial score (nSPS) is 25.0. The number of benzene rings is 1. The number of hydrogen-bond acceptors (Lipinski definition) is 2. The first-order valence-corrected chi connectivity index (χ1v) is 8.78. The van der Waals surface area contributed by atoms with Crippen molar-refractivity contribution < 1.29 is 9.59 Å². The second-order valence-electron chi connectivity index (χ2n) is 6.78. The Morgan fingerprint density at radius 3 is 2.78 bits per heavy atom. The van der Waals surface area contributed by atoms with Crippen LogP contribution in [-0.4, -0.2) is 35.8 Å². The minimum Gasteiger partial charge on any atom is -0.339 e. The Kier molecular flexibility index (Phi) is 4.69. The van der Waals surface area contributed by atoms with Crippen LogP contribution in [0.1, 0.15) is 44.6 Å². The molecule has 124 valence electrons. The Morgan fingerprint density at radius 2 is 2.04 bits per heavy atom. The molecule has 2 fully saturated rings. The van der Waals surface area contributed by atoms with Gasteiger partial charge in [-0.05, 0) is 44.2 Å². The third-order valence-corrected chi connectivity index (χ3v) is 5.26. The molecule has 0 aromatic heterocycles. The van der Waals surface area contributed by atoms with Crippen molar-refractivity contribution in [3.8, 4) is 0 Å². The number of likely N-dealkylation sites (tertiary alicyclic amines) is 1. The number of anilines is 1. The molecule has 2 heterocycles. The molecular formula is C19H26N2O2. The molecule has 0 radical (unpaired) electrons. The summed E-state index contributed by atoms with van der Waals surface area (Å²) in [5.41, 5.74) is 2.02. The quantitative estimate of drug-likeness (QED) is 0.860. The lowest BCUT2D eigenvalue weighted by Crippen LogP contribution is -2.46. The number of rotatable bonds is 3. The van der Waals surface area contributed by atoms with Crippen molar-refractivity contribution in [2.75, 3.05) is 18.0 Å². The first-order chi connectivity index (χ1) is 11.1. The first kappa shape index (κ1) is 16.0. The van der Waals surface area contributed by atoms with E-state index in [0.717, 1.165) is 37.1 Å². The van der Waals surface area contributed by atoms with E-state index in [1.165, 1.54) is 6.42 Å². The molecule has 1 aromatic carbocycles. The maximum Gasteiger partial charge on any atom is 0.228 e. The van der Waals surface area contributed by atoms with Gasteiger partial charge < -0.3 is 9.80 Å². The van der Waals surface area contributed by atoms with Crippen molar-refractivity contribution >= 4 is 17.5 Å². The Hall–Kier alpha value is -1.84. The highest BCUT2D eigenvalue weighted by atomic mass is 16.2. The van der Waals surface area contributed by atoms with Gasteiger partial charge in [-0.25, -0.2) is 0 Å². The maximum absolute atomic E-state index is 12.9. The SMILES string of the molecule is CCC1CCCCN1C(=O)C1CC(=O)N(c2ccccc2C)C1. The smallest absolute Gasteiger partial charge is 0.228 e. The Morgan fingerprint density at radius 1 is 1.26 bits per heavy atom. The van der Waals surface area contributed by atoms with Crippen molar-refractivity contribution in [1.82, 2.24) is 4.90 Å². The summed E-state index contributed by atoms with van der Waals surface area (Å²) in [5.74, 6) is 0.0675. The molecule has 4 nitrogen and oxygen atoms in total.